The van der Waals surface area contributed by atoms with Crippen LogP contribution < -0.4 is 5.73 Å². The van der Waals surface area contributed by atoms with E-state index in [1.54, 1.807) is 12.1 Å². The molecular formula is C9H15NO. The summed E-state index contributed by atoms with van der Waals surface area (Å²) in [5.74, 6) is 0.162. The first kappa shape index (κ1) is 9.82. The van der Waals surface area contributed by atoms with Gasteiger partial charge in [-0.2, -0.15) is 0 Å². The van der Waals surface area contributed by atoms with Gasteiger partial charge in [-0.15, -0.1) is 0 Å². The molecule has 0 bridgehead atoms. The third kappa shape index (κ3) is 2.50. The van der Waals surface area contributed by atoms with Crippen molar-refractivity contribution >= 4 is 5.69 Å². The standard InChI is InChI=1S/C7H9NO.C2H6/c1-5-3-2-4-6(9)7(5)8;1-2/h2-4,9H,8H2,1H3;1-2H3. The fourth-order valence-corrected chi connectivity index (χ4v) is 0.665. The number of hydrogen-bond acceptors (Lipinski definition) is 2. The molecule has 0 aliphatic rings. The van der Waals surface area contributed by atoms with Crippen molar-refractivity contribution in [1.29, 1.82) is 0 Å². The monoisotopic (exact) mass is 153 g/mol. The van der Waals surface area contributed by atoms with Gasteiger partial charge in [-0.05, 0) is 18.6 Å². The summed E-state index contributed by atoms with van der Waals surface area (Å²) in [4.78, 5) is 0. The highest BCUT2D eigenvalue weighted by molar-refractivity contribution is 5.56. The number of aryl methyl sites for hydroxylation is 1. The van der Waals surface area contributed by atoms with Gasteiger partial charge < -0.3 is 10.8 Å². The highest BCUT2D eigenvalue weighted by Gasteiger charge is 1.95. The minimum atomic E-state index is 0.162. The minimum absolute atomic E-state index is 0.162. The molecule has 0 amide bonds. The number of nitrogen functional groups attached to an aromatic ring is 1. The Morgan fingerprint density at radius 2 is 1.82 bits per heavy atom. The molecule has 0 saturated heterocycles. The Morgan fingerprint density at radius 1 is 1.27 bits per heavy atom. The van der Waals surface area contributed by atoms with Crippen molar-refractivity contribution in [1.82, 2.24) is 0 Å². The van der Waals surface area contributed by atoms with E-state index in [4.69, 9.17) is 10.8 Å². The van der Waals surface area contributed by atoms with E-state index in [9.17, 15) is 0 Å². The summed E-state index contributed by atoms with van der Waals surface area (Å²) in [6, 6.07) is 5.19. The molecule has 3 N–H and O–H groups in total. The Morgan fingerprint density at radius 3 is 2.18 bits per heavy atom. The molecule has 0 heterocycles. The molecule has 0 radical (unpaired) electrons. The second-order valence-corrected chi connectivity index (χ2v) is 2.01. The fraction of sp³-hybridized carbons (Fsp3) is 0.333. The van der Waals surface area contributed by atoms with Gasteiger partial charge in [0.1, 0.15) is 5.75 Å². The molecule has 0 aliphatic heterocycles. The van der Waals surface area contributed by atoms with Crippen LogP contribution in [0.1, 0.15) is 19.4 Å². The topological polar surface area (TPSA) is 46.2 Å². The van der Waals surface area contributed by atoms with E-state index >= 15 is 0 Å². The first-order chi connectivity index (χ1) is 5.22. The Kier molecular flexibility index (Phi) is 4.11. The molecule has 0 fully saturated rings. The first-order valence-electron chi connectivity index (χ1n) is 3.76. The van der Waals surface area contributed by atoms with E-state index in [0.717, 1.165) is 5.56 Å². The molecule has 1 aromatic rings. The largest absolute Gasteiger partial charge is 0.506 e. The van der Waals surface area contributed by atoms with Crippen molar-refractivity contribution in [2.24, 2.45) is 0 Å². The average molecular weight is 153 g/mol. The number of phenols is 1. The molecule has 0 spiro atoms. The van der Waals surface area contributed by atoms with Gasteiger partial charge in [0.05, 0.1) is 5.69 Å². The van der Waals surface area contributed by atoms with Crippen LogP contribution in [0.5, 0.6) is 5.75 Å². The highest BCUT2D eigenvalue weighted by Crippen LogP contribution is 2.21. The van der Waals surface area contributed by atoms with E-state index in [1.807, 2.05) is 26.8 Å². The van der Waals surface area contributed by atoms with Crippen LogP contribution in [0.25, 0.3) is 0 Å². The third-order valence-corrected chi connectivity index (χ3v) is 1.30. The van der Waals surface area contributed by atoms with Crippen molar-refractivity contribution in [3.05, 3.63) is 23.8 Å². The summed E-state index contributed by atoms with van der Waals surface area (Å²) < 4.78 is 0. The van der Waals surface area contributed by atoms with E-state index < -0.39 is 0 Å². The van der Waals surface area contributed by atoms with Gasteiger partial charge in [0.25, 0.3) is 0 Å². The maximum atomic E-state index is 8.98. The van der Waals surface area contributed by atoms with Crippen LogP contribution in [0.4, 0.5) is 5.69 Å². The van der Waals surface area contributed by atoms with Crippen LogP contribution in [-0.4, -0.2) is 5.11 Å². The van der Waals surface area contributed by atoms with Crippen molar-refractivity contribution in [2.75, 3.05) is 5.73 Å². The smallest absolute Gasteiger partial charge is 0.138 e. The lowest BCUT2D eigenvalue weighted by Crippen LogP contribution is -1.88. The second-order valence-electron chi connectivity index (χ2n) is 2.01. The van der Waals surface area contributed by atoms with Gasteiger partial charge in [0, 0.05) is 0 Å². The summed E-state index contributed by atoms with van der Waals surface area (Å²) >= 11 is 0. The SMILES string of the molecule is CC.Cc1cccc(O)c1N. The molecule has 62 valence electrons. The zero-order valence-corrected chi connectivity index (χ0v) is 7.26. The van der Waals surface area contributed by atoms with Crippen molar-refractivity contribution in [3.8, 4) is 5.75 Å². The van der Waals surface area contributed by atoms with Crippen LogP contribution in [-0.2, 0) is 0 Å². The lowest BCUT2D eigenvalue weighted by atomic mass is 10.2. The predicted molar refractivity (Wildman–Crippen MR) is 48.6 cm³/mol. The number of para-hydroxylation sites is 1. The summed E-state index contributed by atoms with van der Waals surface area (Å²) in [5, 5.41) is 8.98. The normalized spacial score (nSPS) is 8.27. The third-order valence-electron chi connectivity index (χ3n) is 1.30. The van der Waals surface area contributed by atoms with Gasteiger partial charge in [-0.25, -0.2) is 0 Å². The molecule has 0 aliphatic carbocycles. The van der Waals surface area contributed by atoms with Gasteiger partial charge in [-0.1, -0.05) is 26.0 Å². The molecule has 0 atom stereocenters. The molecule has 0 saturated carbocycles. The Hall–Kier alpha value is -1.18. The van der Waals surface area contributed by atoms with Crippen LogP contribution in [0.2, 0.25) is 0 Å². The Bertz CT molecular complexity index is 201. The number of phenolic OH excluding ortho intramolecular Hbond substituents is 1. The summed E-state index contributed by atoms with van der Waals surface area (Å²) in [5.41, 5.74) is 6.81. The van der Waals surface area contributed by atoms with Crippen LogP contribution in [0.3, 0.4) is 0 Å². The van der Waals surface area contributed by atoms with Crippen LogP contribution in [0.15, 0.2) is 18.2 Å². The van der Waals surface area contributed by atoms with Crippen molar-refractivity contribution < 1.29 is 5.11 Å². The number of hydrogen-bond donors (Lipinski definition) is 2. The lowest BCUT2D eigenvalue weighted by molar-refractivity contribution is 0.477. The lowest BCUT2D eigenvalue weighted by Gasteiger charge is -1.99. The van der Waals surface area contributed by atoms with E-state index in [2.05, 4.69) is 0 Å². The quantitative estimate of drug-likeness (QED) is 0.444. The average Bonchev–Trinajstić information content (AvgIpc) is 2.04. The molecule has 1 rings (SSSR count). The Labute approximate surface area is 67.7 Å². The van der Waals surface area contributed by atoms with Crippen molar-refractivity contribution in [2.45, 2.75) is 20.8 Å². The zero-order valence-electron chi connectivity index (χ0n) is 7.26. The fourth-order valence-electron chi connectivity index (χ4n) is 0.665. The first-order valence-corrected chi connectivity index (χ1v) is 3.76. The van der Waals surface area contributed by atoms with Gasteiger partial charge in [-0.3, -0.25) is 0 Å². The number of rotatable bonds is 0. The summed E-state index contributed by atoms with van der Waals surface area (Å²) in [6.45, 7) is 5.86. The van der Waals surface area contributed by atoms with Crippen molar-refractivity contribution in [3.63, 3.8) is 0 Å². The van der Waals surface area contributed by atoms with Gasteiger partial charge in [0.2, 0.25) is 0 Å². The molecular weight excluding hydrogens is 138 g/mol. The molecule has 0 unspecified atom stereocenters. The van der Waals surface area contributed by atoms with Crippen LogP contribution >= 0.6 is 0 Å². The Balaban J connectivity index is 0.000000461. The van der Waals surface area contributed by atoms with E-state index in [-0.39, 0.29) is 5.75 Å². The number of benzene rings is 1. The predicted octanol–water partition coefficient (Wildman–Crippen LogP) is 2.31. The van der Waals surface area contributed by atoms with E-state index in [0.29, 0.717) is 5.69 Å². The molecule has 2 nitrogen and oxygen atoms in total. The van der Waals surface area contributed by atoms with Gasteiger partial charge >= 0.3 is 0 Å². The molecule has 0 aromatic heterocycles. The zero-order chi connectivity index (χ0) is 8.85. The minimum Gasteiger partial charge on any atom is -0.506 e. The van der Waals surface area contributed by atoms with E-state index in [1.165, 1.54) is 0 Å². The summed E-state index contributed by atoms with van der Waals surface area (Å²) in [6.07, 6.45) is 0. The van der Waals surface area contributed by atoms with Gasteiger partial charge in [0.15, 0.2) is 0 Å². The summed E-state index contributed by atoms with van der Waals surface area (Å²) in [7, 11) is 0. The highest BCUT2D eigenvalue weighted by atomic mass is 16.3. The maximum absolute atomic E-state index is 8.98. The molecule has 11 heavy (non-hydrogen) atoms. The van der Waals surface area contributed by atoms with Crippen LogP contribution in [0, 0.1) is 6.92 Å². The second kappa shape index (κ2) is 4.61. The molecule has 2 heteroatoms. The number of aromatic hydroxyl groups is 1. The number of anilines is 1. The molecule has 1 aromatic carbocycles. The maximum Gasteiger partial charge on any atom is 0.138 e. The number of nitrogens with two attached hydrogens (primary N) is 1.